The molecule has 1 saturated carbocycles. The van der Waals surface area contributed by atoms with E-state index >= 15 is 0 Å². The highest BCUT2D eigenvalue weighted by molar-refractivity contribution is 7.89. The number of ketones is 1. The van der Waals surface area contributed by atoms with E-state index in [2.05, 4.69) is 4.98 Å². The van der Waals surface area contributed by atoms with E-state index in [0.717, 1.165) is 35.3 Å². The van der Waals surface area contributed by atoms with Crippen LogP contribution in [0.15, 0.2) is 65.8 Å². The number of carbonyl (C=O) groups is 1. The zero-order chi connectivity index (χ0) is 38.2. The Morgan fingerprint density at radius 3 is 2.43 bits per heavy atom. The third kappa shape index (κ3) is 10.4. The van der Waals surface area contributed by atoms with Crippen molar-refractivity contribution in [2.75, 3.05) is 33.4 Å². The quantitative estimate of drug-likeness (QED) is 0.0936. The lowest BCUT2D eigenvalue weighted by Crippen LogP contribution is -2.45. The Labute approximate surface area is 315 Å². The summed E-state index contributed by atoms with van der Waals surface area (Å²) < 4.78 is 46.3. The minimum atomic E-state index is -3.85. The maximum Gasteiger partial charge on any atom is 0.242 e. The largest absolute Gasteiger partial charge is 0.485 e. The first-order valence-corrected chi connectivity index (χ1v) is 19.7. The first-order chi connectivity index (χ1) is 25.4. The molecule has 290 valence electrons. The number of unbranched alkanes of at least 4 members (excludes halogenated alkanes) is 2. The van der Waals surface area contributed by atoms with Crippen LogP contribution in [-0.2, 0) is 36.5 Å². The summed E-state index contributed by atoms with van der Waals surface area (Å²) in [5.74, 6) is 0.600. The second-order valence-electron chi connectivity index (χ2n) is 13.7. The van der Waals surface area contributed by atoms with Crippen molar-refractivity contribution < 1.29 is 53.0 Å². The van der Waals surface area contributed by atoms with Crippen LogP contribution in [0.1, 0.15) is 62.5 Å². The molecule has 1 aromatic heterocycles. The number of para-hydroxylation sites is 1. The maximum atomic E-state index is 13.5. The number of halogens is 1. The second-order valence-corrected chi connectivity index (χ2v) is 16.2. The Kier molecular flexibility index (Phi) is 14.4. The summed E-state index contributed by atoms with van der Waals surface area (Å²) in [7, 11) is -2.35. The predicted octanol–water partition coefficient (Wildman–Crippen LogP) is 3.35. The van der Waals surface area contributed by atoms with Crippen molar-refractivity contribution in [3.63, 3.8) is 0 Å². The Balaban J connectivity index is 1.13. The summed E-state index contributed by atoms with van der Waals surface area (Å²) in [6.07, 6.45) is 0.251. The zero-order valence-electron chi connectivity index (χ0n) is 29.7. The summed E-state index contributed by atoms with van der Waals surface area (Å²) in [5.41, 5.74) is 2.74. The fourth-order valence-electron chi connectivity index (χ4n) is 6.19. The Morgan fingerprint density at radius 2 is 1.74 bits per heavy atom. The van der Waals surface area contributed by atoms with Gasteiger partial charge in [0.1, 0.15) is 35.9 Å². The molecule has 0 radical (unpaired) electrons. The number of sulfonamides is 1. The number of benzene rings is 2. The van der Waals surface area contributed by atoms with Crippen LogP contribution in [0.2, 0.25) is 5.02 Å². The number of carbonyl (C=O) groups excluding carboxylic acids is 1. The number of ether oxygens (including phenoxy) is 3. The second kappa shape index (κ2) is 18.5. The van der Waals surface area contributed by atoms with Crippen molar-refractivity contribution in [2.45, 2.75) is 99.0 Å². The molecule has 0 bridgehead atoms. The van der Waals surface area contributed by atoms with Gasteiger partial charge in [-0.05, 0) is 73.6 Å². The van der Waals surface area contributed by atoms with Crippen LogP contribution in [0.25, 0.3) is 11.1 Å². The lowest BCUT2D eigenvalue weighted by Gasteiger charge is -2.28. The fraction of sp³-hybridized carbons (Fsp3) is 0.526. The molecule has 1 aliphatic heterocycles. The van der Waals surface area contributed by atoms with Crippen LogP contribution >= 0.6 is 11.6 Å². The number of aliphatic hydroxyl groups excluding tert-OH is 5. The maximum absolute atomic E-state index is 13.5. The summed E-state index contributed by atoms with van der Waals surface area (Å²) in [6, 6.07) is 14.4. The number of Topliss-reactive ketones (excluding diaryl/α,β-unsaturated/α-hetero) is 1. The average molecular weight is 777 g/mol. The van der Waals surface area contributed by atoms with Crippen LogP contribution in [-0.4, -0.2) is 113 Å². The van der Waals surface area contributed by atoms with E-state index in [9.17, 15) is 33.6 Å². The summed E-state index contributed by atoms with van der Waals surface area (Å²) in [5, 5.41) is 48.3. The highest BCUT2D eigenvalue weighted by atomic mass is 35.5. The van der Waals surface area contributed by atoms with Gasteiger partial charge in [-0.3, -0.25) is 9.78 Å². The minimum absolute atomic E-state index is 0.00652. The van der Waals surface area contributed by atoms with Gasteiger partial charge in [-0.25, -0.2) is 12.7 Å². The number of aliphatic hydroxyl groups is 5. The smallest absolute Gasteiger partial charge is 0.242 e. The van der Waals surface area contributed by atoms with E-state index in [1.807, 2.05) is 36.5 Å². The van der Waals surface area contributed by atoms with E-state index < -0.39 is 46.6 Å². The standard InChI is InChI=1S/C38H49ClN2O11S/c1-41(18-6-2-3-7-26(43)10-13-33(44)36(46)37(47)34(45)21-42)53(48,49)28-11-12-32(39)25(19-28)22-51-38(15-16-38)31-20-40-17-14-29(31)30-8-4-5-9-35(30)52-27-23-50-24-27/h4-5,8-9,11-12,14,17,19-20,27,33-34,36-37,42,44-47H,2-3,6-7,10,13,15-16,18,21-24H2,1H3/t33-,34+,36+,37+/m0/s1. The number of nitrogens with zero attached hydrogens (tertiary/aromatic N) is 2. The molecular formula is C38H49ClN2O11S. The number of hydrogen-bond donors (Lipinski definition) is 5. The van der Waals surface area contributed by atoms with Gasteiger partial charge in [-0.2, -0.15) is 0 Å². The van der Waals surface area contributed by atoms with Crippen molar-refractivity contribution in [2.24, 2.45) is 0 Å². The molecule has 2 aromatic carbocycles. The van der Waals surface area contributed by atoms with Crippen molar-refractivity contribution in [3.05, 3.63) is 77.1 Å². The zero-order valence-corrected chi connectivity index (χ0v) is 31.3. The van der Waals surface area contributed by atoms with Crippen molar-refractivity contribution in [1.29, 1.82) is 0 Å². The van der Waals surface area contributed by atoms with Gasteiger partial charge in [-0.15, -0.1) is 0 Å². The number of rotatable bonds is 22. The van der Waals surface area contributed by atoms with Crippen LogP contribution in [0, 0.1) is 0 Å². The highest BCUT2D eigenvalue weighted by Gasteiger charge is 2.48. The fourth-order valence-corrected chi connectivity index (χ4v) is 7.62. The molecule has 0 spiro atoms. The molecule has 1 aliphatic carbocycles. The Hall–Kier alpha value is -3.02. The number of pyridine rings is 1. The van der Waals surface area contributed by atoms with Crippen LogP contribution in [0.4, 0.5) is 0 Å². The van der Waals surface area contributed by atoms with Crippen molar-refractivity contribution in [3.8, 4) is 16.9 Å². The van der Waals surface area contributed by atoms with E-state index in [-0.39, 0.29) is 49.2 Å². The third-order valence-corrected chi connectivity index (χ3v) is 12.0. The molecule has 5 rings (SSSR count). The van der Waals surface area contributed by atoms with Gasteiger partial charge in [-0.1, -0.05) is 36.2 Å². The SMILES string of the molecule is CN(CCCCCC(=O)CC[C@H](O)[C@@H](O)[C@H](O)[C@H](O)CO)S(=O)(=O)c1ccc(Cl)c(COC2(c3cnccc3-c3ccccc3OC3COC3)CC2)c1. The highest BCUT2D eigenvalue weighted by Crippen LogP contribution is 2.53. The van der Waals surface area contributed by atoms with E-state index in [1.165, 1.54) is 17.4 Å². The molecule has 2 heterocycles. The van der Waals surface area contributed by atoms with Gasteiger partial charge in [0, 0.05) is 55.0 Å². The molecule has 2 fully saturated rings. The summed E-state index contributed by atoms with van der Waals surface area (Å²) >= 11 is 6.56. The van der Waals surface area contributed by atoms with Gasteiger partial charge in [0.15, 0.2) is 0 Å². The number of hydrogen-bond acceptors (Lipinski definition) is 12. The van der Waals surface area contributed by atoms with Gasteiger partial charge >= 0.3 is 0 Å². The molecule has 0 unspecified atom stereocenters. The van der Waals surface area contributed by atoms with Gasteiger partial charge in [0.25, 0.3) is 0 Å². The molecule has 0 amide bonds. The van der Waals surface area contributed by atoms with E-state index in [1.54, 1.807) is 18.3 Å². The first-order valence-electron chi connectivity index (χ1n) is 17.9. The molecular weight excluding hydrogens is 728 g/mol. The monoisotopic (exact) mass is 776 g/mol. The Bertz CT molecular complexity index is 1790. The van der Waals surface area contributed by atoms with Gasteiger partial charge in [0.2, 0.25) is 10.0 Å². The average Bonchev–Trinajstić information content (AvgIpc) is 3.94. The third-order valence-electron chi connectivity index (χ3n) is 9.80. The van der Waals surface area contributed by atoms with E-state index in [4.69, 9.17) is 30.9 Å². The normalized spacial score (nSPS) is 17.9. The molecule has 15 heteroatoms. The molecule has 53 heavy (non-hydrogen) atoms. The molecule has 1 saturated heterocycles. The molecule has 4 atom stereocenters. The lowest BCUT2D eigenvalue weighted by molar-refractivity contribution is -0.125. The summed E-state index contributed by atoms with van der Waals surface area (Å²) in [6.45, 7) is 0.640. The summed E-state index contributed by atoms with van der Waals surface area (Å²) in [4.78, 5) is 16.8. The molecule has 3 aromatic rings. The lowest BCUT2D eigenvalue weighted by atomic mass is 9.96. The molecule has 5 N–H and O–H groups in total. The molecule has 13 nitrogen and oxygen atoms in total. The van der Waals surface area contributed by atoms with Crippen molar-refractivity contribution >= 4 is 27.4 Å². The first kappa shape index (κ1) is 41.1. The minimum Gasteiger partial charge on any atom is -0.485 e. The predicted molar refractivity (Wildman–Crippen MR) is 196 cm³/mol. The van der Waals surface area contributed by atoms with Gasteiger partial charge < -0.3 is 39.7 Å². The van der Waals surface area contributed by atoms with Gasteiger partial charge in [0.05, 0.1) is 43.0 Å². The number of aromatic nitrogens is 1. The van der Waals surface area contributed by atoms with Crippen molar-refractivity contribution in [1.82, 2.24) is 9.29 Å². The van der Waals surface area contributed by atoms with E-state index in [0.29, 0.717) is 43.1 Å². The van der Waals surface area contributed by atoms with Crippen LogP contribution < -0.4 is 4.74 Å². The topological polar surface area (TPSA) is 196 Å². The van der Waals surface area contributed by atoms with Crippen LogP contribution in [0.5, 0.6) is 5.75 Å². The molecule has 2 aliphatic rings. The Morgan fingerprint density at radius 1 is 1.00 bits per heavy atom. The van der Waals surface area contributed by atoms with Crippen LogP contribution in [0.3, 0.4) is 0 Å².